The van der Waals surface area contributed by atoms with Gasteiger partial charge in [0.25, 0.3) is 5.91 Å². The molecule has 3 fully saturated rings. The van der Waals surface area contributed by atoms with Crippen molar-refractivity contribution in [2.45, 2.75) is 86.5 Å². The van der Waals surface area contributed by atoms with E-state index >= 15 is 0 Å². The third-order valence-corrected chi connectivity index (χ3v) is 5.95. The van der Waals surface area contributed by atoms with E-state index in [2.05, 4.69) is 10.6 Å². The number of ether oxygens (including phenoxy) is 2. The lowest BCUT2D eigenvalue weighted by Crippen LogP contribution is -2.61. The second kappa shape index (κ2) is 8.68. The highest BCUT2D eigenvalue weighted by Crippen LogP contribution is 2.35. The van der Waals surface area contributed by atoms with E-state index in [1.165, 1.54) is 0 Å². The second-order valence-corrected chi connectivity index (χ2v) is 8.31. The smallest absolute Gasteiger partial charge is 0.253 e. The zero-order chi connectivity index (χ0) is 21.3. The molecule has 0 radical (unpaired) electrons. The lowest BCUT2D eigenvalue weighted by molar-refractivity contribution is -0.245. The van der Waals surface area contributed by atoms with Crippen molar-refractivity contribution in [3.63, 3.8) is 0 Å². The summed E-state index contributed by atoms with van der Waals surface area (Å²) in [7, 11) is 0. The molecule has 1 heterocycles. The van der Waals surface area contributed by atoms with Gasteiger partial charge in [-0.15, -0.1) is 0 Å². The maximum Gasteiger partial charge on any atom is 0.253 e. The average Bonchev–Trinajstić information content (AvgIpc) is 3.27. The predicted molar refractivity (Wildman–Crippen MR) is 103 cm³/mol. The molecular weight excluding hydrogens is 382 g/mol. The van der Waals surface area contributed by atoms with Gasteiger partial charge in [0, 0.05) is 31.1 Å². The molecule has 0 spiro atoms. The van der Waals surface area contributed by atoms with Crippen LogP contribution in [0.5, 0.6) is 0 Å². The summed E-state index contributed by atoms with van der Waals surface area (Å²) in [5.74, 6) is -0.744. The van der Waals surface area contributed by atoms with Crippen molar-refractivity contribution in [1.29, 1.82) is 5.41 Å². The van der Waals surface area contributed by atoms with Gasteiger partial charge in [0.15, 0.2) is 17.9 Å². The van der Waals surface area contributed by atoms with Crippen LogP contribution in [0.25, 0.3) is 0 Å². The quantitative estimate of drug-likeness (QED) is 0.151. The van der Waals surface area contributed by atoms with Crippen LogP contribution in [0.3, 0.4) is 0 Å². The third kappa shape index (κ3) is 4.97. The lowest BCUT2D eigenvalue weighted by Gasteiger charge is -2.43. The van der Waals surface area contributed by atoms with Crippen molar-refractivity contribution in [2.24, 2.45) is 22.9 Å². The molecule has 3 aliphatic rings. The van der Waals surface area contributed by atoms with Crippen molar-refractivity contribution in [3.05, 3.63) is 0 Å². The first-order valence-electron chi connectivity index (χ1n) is 9.98. The Morgan fingerprint density at radius 1 is 1.28 bits per heavy atom. The molecule has 13 N–H and O–H groups in total. The Balaban J connectivity index is 1.59. The molecule has 1 amide bonds. The molecule has 12 heteroatoms. The van der Waals surface area contributed by atoms with Gasteiger partial charge in [0.1, 0.15) is 6.10 Å². The van der Waals surface area contributed by atoms with Crippen LogP contribution in [0.2, 0.25) is 0 Å². The van der Waals surface area contributed by atoms with E-state index in [1.54, 1.807) is 0 Å². The van der Waals surface area contributed by atoms with E-state index in [0.717, 1.165) is 0 Å². The monoisotopic (exact) mass is 415 g/mol. The van der Waals surface area contributed by atoms with Crippen LogP contribution in [0, 0.1) is 5.41 Å². The predicted octanol–water partition coefficient (Wildman–Crippen LogP) is -3.88. The van der Waals surface area contributed by atoms with E-state index in [1.807, 2.05) is 0 Å². The first kappa shape index (κ1) is 22.2. The minimum atomic E-state index is -1.53. The van der Waals surface area contributed by atoms with Gasteiger partial charge < -0.3 is 53.3 Å². The van der Waals surface area contributed by atoms with Crippen molar-refractivity contribution in [3.8, 4) is 0 Å². The second-order valence-electron chi connectivity index (χ2n) is 8.31. The van der Waals surface area contributed by atoms with Crippen molar-refractivity contribution >= 4 is 11.9 Å². The van der Waals surface area contributed by atoms with Crippen LogP contribution in [0.4, 0.5) is 0 Å². The fraction of sp³-hybridized carbons (Fsp3) is 0.882. The van der Waals surface area contributed by atoms with E-state index in [4.69, 9.17) is 37.8 Å². The molecule has 3 unspecified atom stereocenters. The van der Waals surface area contributed by atoms with Gasteiger partial charge in [-0.2, -0.15) is 0 Å². The first-order valence-corrected chi connectivity index (χ1v) is 9.98. The highest BCUT2D eigenvalue weighted by atomic mass is 16.7. The molecule has 0 aromatic heterocycles. The summed E-state index contributed by atoms with van der Waals surface area (Å²) in [5, 5.41) is 33.6. The summed E-state index contributed by atoms with van der Waals surface area (Å²) in [6, 6.07) is -1.91. The van der Waals surface area contributed by atoms with Gasteiger partial charge in [-0.3, -0.25) is 10.2 Å². The van der Waals surface area contributed by atoms with Gasteiger partial charge in [0.2, 0.25) is 0 Å². The Morgan fingerprint density at radius 2 is 1.97 bits per heavy atom. The summed E-state index contributed by atoms with van der Waals surface area (Å²) < 4.78 is 11.9. The Bertz CT molecular complexity index is 613. The highest BCUT2D eigenvalue weighted by molar-refractivity contribution is 5.89. The van der Waals surface area contributed by atoms with Crippen molar-refractivity contribution in [1.82, 2.24) is 10.6 Å². The van der Waals surface area contributed by atoms with Crippen LogP contribution in [0.15, 0.2) is 0 Å². The van der Waals surface area contributed by atoms with Gasteiger partial charge in [0.05, 0.1) is 18.2 Å². The Kier molecular flexibility index (Phi) is 6.63. The summed E-state index contributed by atoms with van der Waals surface area (Å²) in [6.45, 7) is 0.324. The van der Waals surface area contributed by atoms with Gasteiger partial charge in [-0.25, -0.2) is 0 Å². The van der Waals surface area contributed by atoms with Crippen LogP contribution in [-0.4, -0.2) is 83.0 Å². The topological polar surface area (TPSA) is 228 Å². The molecule has 3 rings (SSSR count). The van der Waals surface area contributed by atoms with Crippen molar-refractivity contribution in [2.75, 3.05) is 6.54 Å². The summed E-state index contributed by atoms with van der Waals surface area (Å²) in [5.41, 5.74) is 21.5. The molecule has 2 saturated carbocycles. The SMILES string of the molecule is N=C(N)N[C@@H]1CC[C@@H](CN)O[C@@H]1OC1[C@H](O)C[C@H](NC(=O)C2(O)CC2N)C[C@@H]1N. The zero-order valence-corrected chi connectivity index (χ0v) is 16.3. The number of rotatable bonds is 6. The number of amides is 1. The summed E-state index contributed by atoms with van der Waals surface area (Å²) in [4.78, 5) is 12.2. The molecule has 1 aliphatic heterocycles. The third-order valence-electron chi connectivity index (χ3n) is 5.95. The van der Waals surface area contributed by atoms with E-state index in [-0.39, 0.29) is 30.9 Å². The normalized spacial score (nSPS) is 44.7. The standard InChI is InChI=1S/C17H33N7O5/c18-6-8-1-2-10(24-16(21)22)14(28-8)29-13-9(19)3-7(4-11(13)25)23-15(26)17(27)5-12(17)20/h7-14,25,27H,1-6,18-20H2,(H,23,26)(H4,21,22,24)/t7-,8+,9+,10-,11-,12?,13?,14-,17?/m1/s1. The largest absolute Gasteiger partial charge is 0.390 e. The van der Waals surface area contributed by atoms with Gasteiger partial charge in [-0.05, 0) is 25.7 Å². The minimum absolute atomic E-state index is 0.197. The van der Waals surface area contributed by atoms with E-state index in [9.17, 15) is 15.0 Å². The average molecular weight is 415 g/mol. The number of aliphatic hydroxyl groups excluding tert-OH is 1. The molecule has 0 aromatic rings. The van der Waals surface area contributed by atoms with Gasteiger partial charge >= 0.3 is 0 Å². The van der Waals surface area contributed by atoms with Crippen LogP contribution in [-0.2, 0) is 14.3 Å². The minimum Gasteiger partial charge on any atom is -0.390 e. The molecular formula is C17H33N7O5. The fourth-order valence-corrected chi connectivity index (χ4v) is 4.08. The maximum absolute atomic E-state index is 12.2. The van der Waals surface area contributed by atoms with Crippen LogP contribution >= 0.6 is 0 Å². The van der Waals surface area contributed by atoms with Crippen LogP contribution in [0.1, 0.15) is 32.1 Å². The molecule has 166 valence electrons. The number of carbonyl (C=O) groups excluding carboxylic acids is 1. The fourth-order valence-electron chi connectivity index (χ4n) is 4.08. The number of nitrogens with two attached hydrogens (primary N) is 4. The Morgan fingerprint density at radius 3 is 2.52 bits per heavy atom. The van der Waals surface area contributed by atoms with Gasteiger partial charge in [-0.1, -0.05) is 0 Å². The number of hydrogen-bond acceptors (Lipinski definition) is 9. The number of aliphatic hydroxyl groups is 2. The zero-order valence-electron chi connectivity index (χ0n) is 16.3. The number of guanidine groups is 1. The molecule has 0 aromatic carbocycles. The number of nitrogens with one attached hydrogen (secondary N) is 3. The molecule has 9 atom stereocenters. The van der Waals surface area contributed by atoms with Crippen molar-refractivity contribution < 1.29 is 24.5 Å². The highest BCUT2D eigenvalue weighted by Gasteiger charge is 2.57. The lowest BCUT2D eigenvalue weighted by atomic mass is 9.86. The summed E-state index contributed by atoms with van der Waals surface area (Å²) >= 11 is 0. The molecule has 12 nitrogen and oxygen atoms in total. The van der Waals surface area contributed by atoms with E-state index in [0.29, 0.717) is 25.8 Å². The molecule has 2 aliphatic carbocycles. The maximum atomic E-state index is 12.2. The number of hydrogen-bond donors (Lipinski definition) is 9. The number of carbonyl (C=O) groups is 1. The molecule has 29 heavy (non-hydrogen) atoms. The Hall–Kier alpha value is -1.54. The van der Waals surface area contributed by atoms with E-state index < -0.39 is 48.1 Å². The summed E-state index contributed by atoms with van der Waals surface area (Å²) in [6.07, 6.45) is -0.525. The first-order chi connectivity index (χ1) is 13.6. The van der Waals surface area contributed by atoms with Crippen LogP contribution < -0.4 is 33.6 Å². The molecule has 0 bridgehead atoms. The Labute approximate surface area is 169 Å². The molecule has 1 saturated heterocycles.